The first kappa shape index (κ1) is 13.2. The molecule has 0 saturated carbocycles. The summed E-state index contributed by atoms with van der Waals surface area (Å²) >= 11 is 1.16. The number of carbonyl (C=O) groups is 1. The summed E-state index contributed by atoms with van der Waals surface area (Å²) in [6.07, 6.45) is 0. The molecule has 0 amide bonds. The van der Waals surface area contributed by atoms with Crippen LogP contribution in [0.3, 0.4) is 0 Å². The number of nitro benzene ring substituents is 1. The van der Waals surface area contributed by atoms with Crippen molar-refractivity contribution in [1.29, 1.82) is 0 Å². The van der Waals surface area contributed by atoms with Crippen molar-refractivity contribution in [3.8, 4) is 5.75 Å². The topological polar surface area (TPSA) is 69.4 Å². The number of carbonyl (C=O) groups excluding carboxylic acids is 1. The van der Waals surface area contributed by atoms with Crippen molar-refractivity contribution >= 4 is 23.0 Å². The first-order valence-corrected chi connectivity index (χ1v) is 6.07. The molecule has 0 aliphatic heterocycles. The number of hydrogen-bond acceptors (Lipinski definition) is 5. The highest BCUT2D eigenvalue weighted by atomic mass is 32.1. The van der Waals surface area contributed by atoms with E-state index in [-0.39, 0.29) is 0 Å². The SMILES string of the molecule is Cc1ccsc1C(=O)Oc1cc(F)ccc1[N+](=O)[O-]. The predicted molar refractivity (Wildman–Crippen MR) is 67.1 cm³/mol. The van der Waals surface area contributed by atoms with Crippen molar-refractivity contribution in [3.05, 3.63) is 56.0 Å². The summed E-state index contributed by atoms with van der Waals surface area (Å²) in [6, 6.07) is 4.44. The molecule has 0 aliphatic carbocycles. The molecule has 1 aromatic carbocycles. The van der Waals surface area contributed by atoms with Crippen LogP contribution in [0.25, 0.3) is 0 Å². The maximum absolute atomic E-state index is 13.1. The minimum atomic E-state index is -0.735. The van der Waals surface area contributed by atoms with Crippen LogP contribution in [-0.2, 0) is 0 Å². The number of nitro groups is 1. The third-order valence-electron chi connectivity index (χ3n) is 2.37. The molecule has 0 radical (unpaired) electrons. The molecule has 0 N–H and O–H groups in total. The van der Waals surface area contributed by atoms with Crippen LogP contribution in [0.4, 0.5) is 10.1 Å². The predicted octanol–water partition coefficient (Wildman–Crippen LogP) is 3.32. The van der Waals surface area contributed by atoms with Crippen molar-refractivity contribution in [2.75, 3.05) is 0 Å². The van der Waals surface area contributed by atoms with Crippen LogP contribution in [-0.4, -0.2) is 10.9 Å². The molecule has 19 heavy (non-hydrogen) atoms. The van der Waals surface area contributed by atoms with Crippen molar-refractivity contribution < 1.29 is 18.8 Å². The van der Waals surface area contributed by atoms with E-state index in [1.165, 1.54) is 0 Å². The summed E-state index contributed by atoms with van der Waals surface area (Å²) < 4.78 is 18.0. The fourth-order valence-electron chi connectivity index (χ4n) is 1.45. The Hall–Kier alpha value is -2.28. The molecule has 0 spiro atoms. The average Bonchev–Trinajstić information content (AvgIpc) is 2.75. The Balaban J connectivity index is 2.33. The maximum Gasteiger partial charge on any atom is 0.354 e. The zero-order chi connectivity index (χ0) is 14.0. The lowest BCUT2D eigenvalue weighted by molar-refractivity contribution is -0.385. The second-order valence-corrected chi connectivity index (χ2v) is 4.61. The van der Waals surface area contributed by atoms with E-state index < -0.39 is 28.1 Å². The van der Waals surface area contributed by atoms with Gasteiger partial charge in [0.15, 0.2) is 0 Å². The van der Waals surface area contributed by atoms with E-state index in [0.29, 0.717) is 10.4 Å². The van der Waals surface area contributed by atoms with Gasteiger partial charge in [-0.3, -0.25) is 10.1 Å². The molecule has 0 aliphatic rings. The Morgan fingerprint density at radius 2 is 2.16 bits per heavy atom. The standard InChI is InChI=1S/C12H8FNO4S/c1-7-4-5-19-11(7)12(15)18-10-6-8(13)2-3-9(10)14(16)17/h2-6H,1H3. The highest BCUT2D eigenvalue weighted by Crippen LogP contribution is 2.29. The van der Waals surface area contributed by atoms with E-state index in [4.69, 9.17) is 4.74 Å². The first-order valence-electron chi connectivity index (χ1n) is 5.19. The van der Waals surface area contributed by atoms with Crippen LogP contribution in [0.2, 0.25) is 0 Å². The van der Waals surface area contributed by atoms with Crippen LogP contribution in [0.15, 0.2) is 29.6 Å². The fourth-order valence-corrected chi connectivity index (χ4v) is 2.25. The summed E-state index contributed by atoms with van der Waals surface area (Å²) in [4.78, 5) is 22.2. The monoisotopic (exact) mass is 281 g/mol. The molecular weight excluding hydrogens is 273 g/mol. The molecule has 5 nitrogen and oxygen atoms in total. The molecular formula is C12H8FNO4S. The van der Waals surface area contributed by atoms with E-state index in [1.807, 2.05) is 0 Å². The van der Waals surface area contributed by atoms with Gasteiger partial charge in [0, 0.05) is 12.1 Å². The summed E-state index contributed by atoms with van der Waals surface area (Å²) in [6.45, 7) is 1.72. The zero-order valence-electron chi connectivity index (χ0n) is 9.75. The highest BCUT2D eigenvalue weighted by molar-refractivity contribution is 7.12. The van der Waals surface area contributed by atoms with E-state index in [0.717, 1.165) is 29.5 Å². The number of esters is 1. The minimum Gasteiger partial charge on any atom is -0.415 e. The quantitative estimate of drug-likeness (QED) is 0.374. The van der Waals surface area contributed by atoms with E-state index in [1.54, 1.807) is 18.4 Å². The first-order chi connectivity index (χ1) is 8.99. The largest absolute Gasteiger partial charge is 0.415 e. The zero-order valence-corrected chi connectivity index (χ0v) is 10.6. The molecule has 0 unspecified atom stereocenters. The number of rotatable bonds is 3. The van der Waals surface area contributed by atoms with Crippen molar-refractivity contribution in [2.45, 2.75) is 6.92 Å². The molecule has 0 bridgehead atoms. The molecule has 1 heterocycles. The Morgan fingerprint density at radius 3 is 2.74 bits per heavy atom. The van der Waals surface area contributed by atoms with E-state index in [2.05, 4.69) is 0 Å². The minimum absolute atomic E-state index is 0.332. The molecule has 2 aromatic rings. The molecule has 0 fully saturated rings. The second kappa shape index (κ2) is 5.15. The van der Waals surface area contributed by atoms with Gasteiger partial charge in [-0.15, -0.1) is 11.3 Å². The number of halogens is 1. The summed E-state index contributed by atoms with van der Waals surface area (Å²) in [5.41, 5.74) is 0.248. The van der Waals surface area contributed by atoms with E-state index >= 15 is 0 Å². The van der Waals surface area contributed by atoms with Crippen LogP contribution in [0, 0.1) is 22.9 Å². The lowest BCUT2D eigenvalue weighted by atomic mass is 10.3. The van der Waals surface area contributed by atoms with Gasteiger partial charge < -0.3 is 4.74 Å². The van der Waals surface area contributed by atoms with Crippen molar-refractivity contribution in [3.63, 3.8) is 0 Å². The van der Waals surface area contributed by atoms with Crippen molar-refractivity contribution in [2.24, 2.45) is 0 Å². The van der Waals surface area contributed by atoms with Crippen LogP contribution in [0.1, 0.15) is 15.2 Å². The van der Waals surface area contributed by atoms with Gasteiger partial charge >= 0.3 is 11.7 Å². The third kappa shape index (κ3) is 2.76. The normalized spacial score (nSPS) is 10.2. The fraction of sp³-hybridized carbons (Fsp3) is 0.0833. The molecule has 0 saturated heterocycles. The number of nitrogens with zero attached hydrogens (tertiary/aromatic N) is 1. The van der Waals surface area contributed by atoms with Gasteiger partial charge in [-0.1, -0.05) is 0 Å². The number of thiophene rings is 1. The number of ether oxygens (including phenoxy) is 1. The molecule has 1 aromatic heterocycles. The molecule has 98 valence electrons. The van der Waals surface area contributed by atoms with Gasteiger partial charge in [0.05, 0.1) is 4.92 Å². The van der Waals surface area contributed by atoms with Crippen molar-refractivity contribution in [1.82, 2.24) is 0 Å². The Morgan fingerprint density at radius 1 is 1.42 bits per heavy atom. The smallest absolute Gasteiger partial charge is 0.354 e. The van der Waals surface area contributed by atoms with Gasteiger partial charge in [0.25, 0.3) is 0 Å². The second-order valence-electron chi connectivity index (χ2n) is 3.69. The number of benzene rings is 1. The average molecular weight is 281 g/mol. The lowest BCUT2D eigenvalue weighted by Crippen LogP contribution is -2.09. The Bertz CT molecular complexity index is 653. The lowest BCUT2D eigenvalue weighted by Gasteiger charge is -2.04. The highest BCUT2D eigenvalue weighted by Gasteiger charge is 2.21. The van der Waals surface area contributed by atoms with Crippen LogP contribution >= 0.6 is 11.3 Å². The van der Waals surface area contributed by atoms with Crippen LogP contribution in [0.5, 0.6) is 5.75 Å². The van der Waals surface area contributed by atoms with Gasteiger partial charge in [0.2, 0.25) is 5.75 Å². The van der Waals surface area contributed by atoms with Gasteiger partial charge in [-0.25, -0.2) is 9.18 Å². The van der Waals surface area contributed by atoms with Gasteiger partial charge in [-0.05, 0) is 30.0 Å². The summed E-state index contributed by atoms with van der Waals surface area (Å²) in [5, 5.41) is 12.5. The third-order valence-corrected chi connectivity index (χ3v) is 3.37. The number of aryl methyl sites for hydroxylation is 1. The number of hydrogen-bond donors (Lipinski definition) is 0. The maximum atomic E-state index is 13.1. The van der Waals surface area contributed by atoms with Crippen LogP contribution < -0.4 is 4.74 Å². The van der Waals surface area contributed by atoms with Gasteiger partial charge in [-0.2, -0.15) is 0 Å². The Kier molecular flexibility index (Phi) is 3.57. The molecule has 2 rings (SSSR count). The Labute approximate surface area is 111 Å². The van der Waals surface area contributed by atoms with E-state index in [9.17, 15) is 19.3 Å². The van der Waals surface area contributed by atoms with Gasteiger partial charge in [0.1, 0.15) is 10.7 Å². The summed E-state index contributed by atoms with van der Waals surface area (Å²) in [7, 11) is 0. The summed E-state index contributed by atoms with van der Waals surface area (Å²) in [5.74, 6) is -1.85. The molecule has 0 atom stereocenters. The molecule has 7 heteroatoms.